The summed E-state index contributed by atoms with van der Waals surface area (Å²) in [7, 11) is 0. The third-order valence-corrected chi connectivity index (χ3v) is 4.81. The fourth-order valence-corrected chi connectivity index (χ4v) is 3.48. The van der Waals surface area contributed by atoms with Gasteiger partial charge < -0.3 is 10.1 Å². The normalized spacial score (nSPS) is 12.4. The molecule has 0 aliphatic heterocycles. The second-order valence-electron chi connectivity index (χ2n) is 4.84. The Morgan fingerprint density at radius 3 is 2.80 bits per heavy atom. The third-order valence-electron chi connectivity index (χ3n) is 3.14. The molecule has 0 aliphatic rings. The summed E-state index contributed by atoms with van der Waals surface area (Å²) >= 11 is 5.18. The van der Waals surface area contributed by atoms with Crippen molar-refractivity contribution in [2.75, 3.05) is 6.54 Å². The van der Waals surface area contributed by atoms with Crippen molar-refractivity contribution in [3.8, 4) is 5.75 Å². The van der Waals surface area contributed by atoms with E-state index in [9.17, 15) is 0 Å². The van der Waals surface area contributed by atoms with Crippen LogP contribution in [0.5, 0.6) is 5.75 Å². The van der Waals surface area contributed by atoms with E-state index >= 15 is 0 Å². The van der Waals surface area contributed by atoms with E-state index in [0.717, 1.165) is 16.8 Å². The second kappa shape index (κ2) is 7.25. The van der Waals surface area contributed by atoms with Crippen LogP contribution in [0, 0.1) is 6.92 Å². The lowest BCUT2D eigenvalue weighted by molar-refractivity contribution is 0.303. The van der Waals surface area contributed by atoms with Crippen LogP contribution in [0.3, 0.4) is 0 Å². The van der Waals surface area contributed by atoms with Crippen molar-refractivity contribution >= 4 is 27.3 Å². The van der Waals surface area contributed by atoms with E-state index < -0.39 is 0 Å². The van der Waals surface area contributed by atoms with Gasteiger partial charge in [-0.15, -0.1) is 11.3 Å². The van der Waals surface area contributed by atoms with E-state index in [4.69, 9.17) is 4.74 Å². The highest BCUT2D eigenvalue weighted by Gasteiger charge is 2.11. The van der Waals surface area contributed by atoms with Crippen molar-refractivity contribution in [3.05, 3.63) is 50.1 Å². The minimum absolute atomic E-state index is 0.297. The van der Waals surface area contributed by atoms with Crippen molar-refractivity contribution in [2.45, 2.75) is 33.4 Å². The Kier molecular flexibility index (Phi) is 5.64. The molecule has 0 spiro atoms. The molecule has 1 aromatic carbocycles. The SMILES string of the molecule is CCNC(C)c1ccc(C)cc1OCc1cc(Br)cs1. The maximum absolute atomic E-state index is 6.03. The zero-order valence-corrected chi connectivity index (χ0v) is 14.5. The van der Waals surface area contributed by atoms with Crippen molar-refractivity contribution < 1.29 is 4.74 Å². The topological polar surface area (TPSA) is 21.3 Å². The van der Waals surface area contributed by atoms with Gasteiger partial charge in [0, 0.05) is 26.3 Å². The maximum atomic E-state index is 6.03. The van der Waals surface area contributed by atoms with Gasteiger partial charge in [-0.05, 0) is 54.0 Å². The van der Waals surface area contributed by atoms with E-state index in [2.05, 4.69) is 71.7 Å². The van der Waals surface area contributed by atoms with Gasteiger partial charge in [0.1, 0.15) is 12.4 Å². The first kappa shape index (κ1) is 15.5. The molecule has 2 rings (SSSR count). The summed E-state index contributed by atoms with van der Waals surface area (Å²) in [5.74, 6) is 0.975. The summed E-state index contributed by atoms with van der Waals surface area (Å²) < 4.78 is 7.15. The van der Waals surface area contributed by atoms with Crippen LogP contribution in [0.2, 0.25) is 0 Å². The second-order valence-corrected chi connectivity index (χ2v) is 6.75. The minimum Gasteiger partial charge on any atom is -0.488 e. The quantitative estimate of drug-likeness (QED) is 0.782. The summed E-state index contributed by atoms with van der Waals surface area (Å²) in [4.78, 5) is 1.22. The Hall–Kier alpha value is -0.840. The number of benzene rings is 1. The van der Waals surface area contributed by atoms with Gasteiger partial charge in [0.15, 0.2) is 0 Å². The van der Waals surface area contributed by atoms with Gasteiger partial charge in [0.25, 0.3) is 0 Å². The number of nitrogens with one attached hydrogen (secondary N) is 1. The average Bonchev–Trinajstić information content (AvgIpc) is 2.82. The van der Waals surface area contributed by atoms with Crippen LogP contribution >= 0.6 is 27.3 Å². The van der Waals surface area contributed by atoms with Crippen molar-refractivity contribution in [3.63, 3.8) is 0 Å². The zero-order chi connectivity index (χ0) is 14.5. The Morgan fingerprint density at radius 2 is 2.15 bits per heavy atom. The average molecular weight is 354 g/mol. The number of ether oxygens (including phenoxy) is 1. The predicted octanol–water partition coefficient (Wildman–Crippen LogP) is 5.07. The molecule has 0 bridgehead atoms. The number of halogens is 1. The molecule has 0 amide bonds. The van der Waals surface area contributed by atoms with E-state index in [0.29, 0.717) is 12.6 Å². The first-order chi connectivity index (χ1) is 9.60. The zero-order valence-electron chi connectivity index (χ0n) is 12.1. The highest BCUT2D eigenvalue weighted by molar-refractivity contribution is 9.10. The number of hydrogen-bond donors (Lipinski definition) is 1. The first-order valence-corrected chi connectivity index (χ1v) is 8.47. The monoisotopic (exact) mass is 353 g/mol. The number of rotatable bonds is 6. The molecule has 0 aliphatic carbocycles. The molecule has 1 atom stereocenters. The third kappa shape index (κ3) is 4.08. The van der Waals surface area contributed by atoms with Gasteiger partial charge in [-0.3, -0.25) is 0 Å². The fourth-order valence-electron chi connectivity index (χ4n) is 2.12. The van der Waals surface area contributed by atoms with E-state index in [1.165, 1.54) is 16.0 Å². The van der Waals surface area contributed by atoms with Crippen LogP contribution in [0.25, 0.3) is 0 Å². The molecule has 2 aromatic rings. The molecule has 0 fully saturated rings. The largest absolute Gasteiger partial charge is 0.488 e. The molecule has 2 nitrogen and oxygen atoms in total. The van der Waals surface area contributed by atoms with Crippen molar-refractivity contribution in [2.24, 2.45) is 0 Å². The van der Waals surface area contributed by atoms with Crippen LogP contribution < -0.4 is 10.1 Å². The molecule has 1 unspecified atom stereocenters. The van der Waals surface area contributed by atoms with Crippen molar-refractivity contribution in [1.82, 2.24) is 5.32 Å². The van der Waals surface area contributed by atoms with Gasteiger partial charge >= 0.3 is 0 Å². The maximum Gasteiger partial charge on any atom is 0.124 e. The smallest absolute Gasteiger partial charge is 0.124 e. The lowest BCUT2D eigenvalue weighted by Crippen LogP contribution is -2.18. The number of hydrogen-bond acceptors (Lipinski definition) is 3. The molecule has 1 heterocycles. The van der Waals surface area contributed by atoms with Gasteiger partial charge in [-0.25, -0.2) is 0 Å². The number of aryl methyl sites for hydroxylation is 1. The van der Waals surface area contributed by atoms with Crippen LogP contribution in [0.1, 0.15) is 35.9 Å². The molecule has 20 heavy (non-hydrogen) atoms. The van der Waals surface area contributed by atoms with Crippen LogP contribution in [0.15, 0.2) is 34.1 Å². The minimum atomic E-state index is 0.297. The Morgan fingerprint density at radius 1 is 1.35 bits per heavy atom. The molecule has 0 saturated heterocycles. The Labute approximate surface area is 133 Å². The highest BCUT2D eigenvalue weighted by Crippen LogP contribution is 2.28. The first-order valence-electron chi connectivity index (χ1n) is 6.79. The molecule has 1 aromatic heterocycles. The van der Waals surface area contributed by atoms with E-state index in [-0.39, 0.29) is 0 Å². The van der Waals surface area contributed by atoms with Crippen molar-refractivity contribution in [1.29, 1.82) is 0 Å². The summed E-state index contributed by atoms with van der Waals surface area (Å²) in [5, 5.41) is 5.52. The van der Waals surface area contributed by atoms with Gasteiger partial charge in [-0.2, -0.15) is 0 Å². The number of thiophene rings is 1. The van der Waals surface area contributed by atoms with Crippen LogP contribution in [-0.4, -0.2) is 6.54 Å². The molecule has 0 radical (unpaired) electrons. The molecular weight excluding hydrogens is 334 g/mol. The van der Waals surface area contributed by atoms with Gasteiger partial charge in [-0.1, -0.05) is 19.1 Å². The standard InChI is InChI=1S/C16H20BrNOS/c1-4-18-12(3)15-6-5-11(2)7-16(15)19-9-14-8-13(17)10-20-14/h5-8,10,12,18H,4,9H2,1-3H3. The van der Waals surface area contributed by atoms with Gasteiger partial charge in [0.2, 0.25) is 0 Å². The lowest BCUT2D eigenvalue weighted by atomic mass is 10.0. The van der Waals surface area contributed by atoms with Gasteiger partial charge in [0.05, 0.1) is 0 Å². The summed E-state index contributed by atoms with van der Waals surface area (Å²) in [6, 6.07) is 8.81. The Bertz CT molecular complexity index is 567. The molecule has 108 valence electrons. The molecule has 0 saturated carbocycles. The predicted molar refractivity (Wildman–Crippen MR) is 89.6 cm³/mol. The molecule has 4 heteroatoms. The summed E-state index contributed by atoms with van der Waals surface area (Å²) in [6.07, 6.45) is 0. The van der Waals surface area contributed by atoms with E-state index in [1.807, 2.05) is 0 Å². The molecular formula is C16H20BrNOS. The fraction of sp³-hybridized carbons (Fsp3) is 0.375. The Balaban J connectivity index is 2.14. The van der Waals surface area contributed by atoms with E-state index in [1.54, 1.807) is 11.3 Å². The van der Waals surface area contributed by atoms with Crippen LogP contribution in [-0.2, 0) is 6.61 Å². The summed E-state index contributed by atoms with van der Waals surface area (Å²) in [6.45, 7) is 7.95. The lowest BCUT2D eigenvalue weighted by Gasteiger charge is -2.18. The highest BCUT2D eigenvalue weighted by atomic mass is 79.9. The summed E-state index contributed by atoms with van der Waals surface area (Å²) in [5.41, 5.74) is 2.44. The van der Waals surface area contributed by atoms with Crippen LogP contribution in [0.4, 0.5) is 0 Å². The molecule has 1 N–H and O–H groups in total.